The van der Waals surface area contributed by atoms with Gasteiger partial charge in [0, 0.05) is 25.3 Å². The van der Waals surface area contributed by atoms with E-state index in [4.69, 9.17) is 0 Å². The molecule has 0 heterocycles. The van der Waals surface area contributed by atoms with Gasteiger partial charge in [0.05, 0.1) is 11.4 Å². The number of hydrogen-bond acceptors (Lipinski definition) is 5. The molecule has 9 heteroatoms. The van der Waals surface area contributed by atoms with Crippen molar-refractivity contribution in [2.45, 2.75) is 51.3 Å². The van der Waals surface area contributed by atoms with Crippen LogP contribution in [0.3, 0.4) is 0 Å². The second kappa shape index (κ2) is 9.86. The number of carbonyl (C=O) groups excluding carboxylic acids is 1. The van der Waals surface area contributed by atoms with Gasteiger partial charge in [0.2, 0.25) is 15.9 Å². The summed E-state index contributed by atoms with van der Waals surface area (Å²) >= 11 is 0. The molecule has 2 N–H and O–H groups in total. The summed E-state index contributed by atoms with van der Waals surface area (Å²) in [4.78, 5) is 26.7. The fourth-order valence-electron chi connectivity index (χ4n) is 6.14. The van der Waals surface area contributed by atoms with Crippen molar-refractivity contribution in [1.82, 2.24) is 4.31 Å². The van der Waals surface area contributed by atoms with E-state index in [9.17, 15) is 28.2 Å². The molecule has 2 aliphatic carbocycles. The SMILES string of the molecule is Cc1cc(C)c(S(=O)(=O)N(C)CC(=O)N(CC2CC3CCC2C3)c2ccc(C(=O)O)c(O)c2)c(C)c1. The Morgan fingerprint density at radius 3 is 2.22 bits per heavy atom. The molecule has 0 aromatic heterocycles. The van der Waals surface area contributed by atoms with Crippen molar-refractivity contribution < 1.29 is 28.2 Å². The van der Waals surface area contributed by atoms with Crippen molar-refractivity contribution in [3.8, 4) is 5.75 Å². The third-order valence-corrected chi connectivity index (χ3v) is 9.87. The number of aromatic carboxylic acids is 1. The van der Waals surface area contributed by atoms with Gasteiger partial charge in [-0.25, -0.2) is 13.2 Å². The number of phenols is 1. The lowest BCUT2D eigenvalue weighted by Gasteiger charge is -2.31. The summed E-state index contributed by atoms with van der Waals surface area (Å²) in [6.07, 6.45) is 4.50. The Kier molecular flexibility index (Phi) is 7.16. The molecule has 3 unspecified atom stereocenters. The van der Waals surface area contributed by atoms with Gasteiger partial charge in [-0.3, -0.25) is 4.79 Å². The minimum absolute atomic E-state index is 0.200. The van der Waals surface area contributed by atoms with E-state index >= 15 is 0 Å². The van der Waals surface area contributed by atoms with Crippen LogP contribution in [0.15, 0.2) is 35.2 Å². The highest BCUT2D eigenvalue weighted by molar-refractivity contribution is 7.89. The summed E-state index contributed by atoms with van der Waals surface area (Å²) < 4.78 is 28.0. The first-order valence-corrected chi connectivity index (χ1v) is 13.7. The lowest BCUT2D eigenvalue weighted by Crippen LogP contribution is -2.44. The molecule has 2 saturated carbocycles. The lowest BCUT2D eigenvalue weighted by molar-refractivity contribution is -0.118. The molecule has 8 nitrogen and oxygen atoms in total. The van der Waals surface area contributed by atoms with Crippen molar-refractivity contribution in [3.05, 3.63) is 52.6 Å². The highest BCUT2D eigenvalue weighted by Crippen LogP contribution is 2.48. The summed E-state index contributed by atoms with van der Waals surface area (Å²) in [5.74, 6) is -0.643. The van der Waals surface area contributed by atoms with Gasteiger partial charge in [-0.2, -0.15) is 4.31 Å². The van der Waals surface area contributed by atoms with Gasteiger partial charge in [0.25, 0.3) is 0 Å². The van der Waals surface area contributed by atoms with Gasteiger partial charge in [-0.15, -0.1) is 0 Å². The predicted octanol–water partition coefficient (Wildman–Crippen LogP) is 4.11. The molecule has 2 aliphatic rings. The maximum absolute atomic E-state index is 13.6. The molecule has 3 atom stereocenters. The Labute approximate surface area is 212 Å². The highest BCUT2D eigenvalue weighted by Gasteiger charge is 2.41. The zero-order chi connectivity index (χ0) is 26.4. The second-order valence-corrected chi connectivity index (χ2v) is 12.4. The van der Waals surface area contributed by atoms with Gasteiger partial charge in [0.15, 0.2) is 0 Å². The summed E-state index contributed by atoms with van der Waals surface area (Å²) in [5, 5.41) is 19.5. The van der Waals surface area contributed by atoms with Crippen molar-refractivity contribution in [1.29, 1.82) is 0 Å². The third kappa shape index (κ3) is 4.99. The van der Waals surface area contributed by atoms with Crippen LogP contribution in [0.2, 0.25) is 0 Å². The molecule has 2 aromatic carbocycles. The number of rotatable bonds is 8. The number of carbonyl (C=O) groups is 2. The average Bonchev–Trinajstić information content (AvgIpc) is 3.39. The number of carboxylic acids is 1. The Morgan fingerprint density at radius 1 is 1.03 bits per heavy atom. The van der Waals surface area contributed by atoms with Crippen LogP contribution in [0.25, 0.3) is 0 Å². The summed E-state index contributed by atoms with van der Waals surface area (Å²) in [5.41, 5.74) is 2.32. The number of aryl methyl sites for hydroxylation is 3. The number of benzene rings is 2. The maximum atomic E-state index is 13.6. The maximum Gasteiger partial charge on any atom is 0.339 e. The molecule has 2 bridgehead atoms. The van der Waals surface area contributed by atoms with Crippen LogP contribution >= 0.6 is 0 Å². The number of carboxylic acid groups (broad SMARTS) is 1. The summed E-state index contributed by atoms with van der Waals surface area (Å²) in [6.45, 7) is 5.43. The van der Waals surface area contributed by atoms with Gasteiger partial charge in [0.1, 0.15) is 11.3 Å². The minimum Gasteiger partial charge on any atom is -0.507 e. The fourth-order valence-corrected chi connectivity index (χ4v) is 7.67. The molecule has 0 saturated heterocycles. The fraction of sp³-hybridized carbons (Fsp3) is 0.481. The normalized spacial score (nSPS) is 21.2. The van der Waals surface area contributed by atoms with E-state index < -0.39 is 27.6 Å². The van der Waals surface area contributed by atoms with E-state index in [1.165, 1.54) is 36.6 Å². The zero-order valence-electron chi connectivity index (χ0n) is 21.2. The molecule has 1 amide bonds. The third-order valence-electron chi connectivity index (χ3n) is 7.76. The lowest BCUT2D eigenvalue weighted by atomic mass is 9.88. The van der Waals surface area contributed by atoms with Gasteiger partial charge >= 0.3 is 5.97 Å². The summed E-state index contributed by atoms with van der Waals surface area (Å²) in [7, 11) is -2.54. The predicted molar refractivity (Wildman–Crippen MR) is 137 cm³/mol. The smallest absolute Gasteiger partial charge is 0.339 e. The van der Waals surface area contributed by atoms with Crippen LogP contribution in [0.5, 0.6) is 5.75 Å². The monoisotopic (exact) mass is 514 g/mol. The van der Waals surface area contributed by atoms with Gasteiger partial charge in [-0.1, -0.05) is 24.1 Å². The molecular formula is C27H34N2O6S. The van der Waals surface area contributed by atoms with Gasteiger partial charge in [-0.05, 0) is 81.0 Å². The first-order valence-electron chi connectivity index (χ1n) is 12.3. The van der Waals surface area contributed by atoms with Crippen LogP contribution in [-0.2, 0) is 14.8 Å². The number of anilines is 1. The van der Waals surface area contributed by atoms with Crippen molar-refractivity contribution in [2.75, 3.05) is 25.0 Å². The Balaban J connectivity index is 1.62. The molecule has 2 aromatic rings. The molecule has 4 rings (SSSR count). The number of sulfonamides is 1. The summed E-state index contributed by atoms with van der Waals surface area (Å²) in [6, 6.07) is 7.66. The first-order chi connectivity index (χ1) is 16.9. The quantitative estimate of drug-likeness (QED) is 0.548. The molecule has 36 heavy (non-hydrogen) atoms. The Bertz CT molecular complexity index is 1280. The number of fused-ring (bicyclic) bond motifs is 2. The van der Waals surface area contributed by atoms with E-state index in [0.717, 1.165) is 29.1 Å². The standard InChI is InChI=1S/C27H34N2O6S/c1-16-9-17(2)26(18(3)10-16)36(34,35)28(4)15-25(31)29(14-21-12-19-5-6-20(21)11-19)22-7-8-23(27(32)33)24(30)13-22/h7-10,13,19-21,30H,5-6,11-12,14-15H2,1-4H3,(H,32,33). The number of aromatic hydroxyl groups is 1. The van der Waals surface area contributed by atoms with Crippen molar-refractivity contribution >= 4 is 27.6 Å². The molecule has 194 valence electrons. The Hall–Kier alpha value is -2.91. The van der Waals surface area contributed by atoms with E-state index in [1.54, 1.807) is 13.8 Å². The molecule has 0 spiro atoms. The number of hydrogen-bond donors (Lipinski definition) is 2. The van der Waals surface area contributed by atoms with E-state index in [-0.39, 0.29) is 22.9 Å². The number of amides is 1. The average molecular weight is 515 g/mol. The minimum atomic E-state index is -3.93. The molecule has 0 aliphatic heterocycles. The Morgan fingerprint density at radius 2 is 1.69 bits per heavy atom. The van der Waals surface area contributed by atoms with Crippen LogP contribution in [0.4, 0.5) is 5.69 Å². The highest BCUT2D eigenvalue weighted by atomic mass is 32.2. The molecular weight excluding hydrogens is 480 g/mol. The van der Waals surface area contributed by atoms with E-state index in [1.807, 2.05) is 19.1 Å². The zero-order valence-corrected chi connectivity index (χ0v) is 22.0. The molecule has 2 fully saturated rings. The van der Waals surface area contributed by atoms with Gasteiger partial charge < -0.3 is 15.1 Å². The second-order valence-electron chi connectivity index (χ2n) is 10.4. The van der Waals surface area contributed by atoms with Crippen LogP contribution in [-0.4, -0.2) is 54.9 Å². The number of likely N-dealkylation sites (N-methyl/N-ethyl adjacent to an activating group) is 1. The van der Waals surface area contributed by atoms with Crippen molar-refractivity contribution in [2.24, 2.45) is 17.8 Å². The van der Waals surface area contributed by atoms with Crippen LogP contribution in [0, 0.1) is 38.5 Å². The topological polar surface area (TPSA) is 115 Å². The van der Waals surface area contributed by atoms with E-state index in [0.29, 0.717) is 35.2 Å². The molecule has 0 radical (unpaired) electrons. The first kappa shape index (κ1) is 26.2. The van der Waals surface area contributed by atoms with E-state index in [2.05, 4.69) is 0 Å². The number of nitrogens with zero attached hydrogens (tertiary/aromatic N) is 2. The van der Waals surface area contributed by atoms with Crippen LogP contribution < -0.4 is 4.90 Å². The van der Waals surface area contributed by atoms with Crippen LogP contribution in [0.1, 0.15) is 52.7 Å². The largest absolute Gasteiger partial charge is 0.507 e. The van der Waals surface area contributed by atoms with Crippen molar-refractivity contribution in [3.63, 3.8) is 0 Å².